The van der Waals surface area contributed by atoms with E-state index < -0.39 is 11.8 Å². The minimum atomic E-state index is -1.28. The average Bonchev–Trinajstić information content (AvgIpc) is 2.38. The maximum Gasteiger partial charge on any atom is 0.338 e. The smallest absolute Gasteiger partial charge is 0.338 e. The van der Waals surface area contributed by atoms with Gasteiger partial charge in [-0.3, -0.25) is 0 Å². The molecule has 0 amide bonds. The Balaban J connectivity index is 3.11. The molecule has 5 heteroatoms. The van der Waals surface area contributed by atoms with Crippen molar-refractivity contribution < 1.29 is 14.3 Å². The Morgan fingerprint density at radius 3 is 2.39 bits per heavy atom. The van der Waals surface area contributed by atoms with E-state index in [9.17, 15) is 9.18 Å². The molecule has 0 spiro atoms. The van der Waals surface area contributed by atoms with Crippen LogP contribution in [0.2, 0.25) is 0 Å². The van der Waals surface area contributed by atoms with Gasteiger partial charge in [0.2, 0.25) is 0 Å². The molecule has 0 saturated heterocycles. The van der Waals surface area contributed by atoms with Crippen molar-refractivity contribution in [2.24, 2.45) is 0 Å². The predicted octanol–water partition coefficient (Wildman–Crippen LogP) is 3.30. The third-order valence-corrected chi connectivity index (χ3v) is 3.53. The first-order chi connectivity index (χ1) is 8.49. The number of anilines is 1. The first kappa shape index (κ1) is 14.4. The SMILES string of the molecule is CCC(CC)(CC)Nc1nccc(C(=O)O)c1F. The predicted molar refractivity (Wildman–Crippen MR) is 68.4 cm³/mol. The van der Waals surface area contributed by atoms with Gasteiger partial charge in [0.15, 0.2) is 11.6 Å². The zero-order valence-electron chi connectivity index (χ0n) is 11.0. The molecule has 0 fully saturated rings. The monoisotopic (exact) mass is 254 g/mol. The molecular weight excluding hydrogens is 235 g/mol. The van der Waals surface area contributed by atoms with E-state index in [-0.39, 0.29) is 16.9 Å². The van der Waals surface area contributed by atoms with Gasteiger partial charge in [-0.25, -0.2) is 14.2 Å². The van der Waals surface area contributed by atoms with Crippen LogP contribution in [0.25, 0.3) is 0 Å². The molecule has 0 saturated carbocycles. The third-order valence-electron chi connectivity index (χ3n) is 3.53. The van der Waals surface area contributed by atoms with Crippen molar-refractivity contribution in [3.63, 3.8) is 0 Å². The van der Waals surface area contributed by atoms with Gasteiger partial charge in [-0.2, -0.15) is 0 Å². The minimum absolute atomic E-state index is 0.0143. The molecule has 0 bridgehead atoms. The van der Waals surface area contributed by atoms with E-state index in [1.807, 2.05) is 20.8 Å². The summed E-state index contributed by atoms with van der Waals surface area (Å²) >= 11 is 0. The van der Waals surface area contributed by atoms with Crippen molar-refractivity contribution >= 4 is 11.8 Å². The molecule has 0 aliphatic rings. The maximum atomic E-state index is 14.0. The van der Waals surface area contributed by atoms with Gasteiger partial charge in [-0.15, -0.1) is 0 Å². The van der Waals surface area contributed by atoms with Crippen molar-refractivity contribution in [1.29, 1.82) is 0 Å². The Labute approximate surface area is 106 Å². The topological polar surface area (TPSA) is 62.2 Å². The van der Waals surface area contributed by atoms with Crippen LogP contribution >= 0.6 is 0 Å². The molecule has 1 rings (SSSR count). The van der Waals surface area contributed by atoms with Gasteiger partial charge in [-0.1, -0.05) is 20.8 Å². The quantitative estimate of drug-likeness (QED) is 0.817. The van der Waals surface area contributed by atoms with Gasteiger partial charge in [-0.05, 0) is 25.3 Å². The number of hydrogen-bond donors (Lipinski definition) is 2. The highest BCUT2D eigenvalue weighted by Gasteiger charge is 2.26. The Bertz CT molecular complexity index is 423. The first-order valence-corrected chi connectivity index (χ1v) is 6.15. The second-order valence-electron chi connectivity index (χ2n) is 4.29. The number of carbonyl (C=O) groups is 1. The number of aromatic nitrogens is 1. The van der Waals surface area contributed by atoms with Crippen LogP contribution in [0.3, 0.4) is 0 Å². The minimum Gasteiger partial charge on any atom is -0.478 e. The van der Waals surface area contributed by atoms with Crippen LogP contribution in [0.1, 0.15) is 50.4 Å². The number of halogens is 1. The molecule has 1 aromatic heterocycles. The second-order valence-corrected chi connectivity index (χ2v) is 4.29. The number of aromatic carboxylic acids is 1. The zero-order chi connectivity index (χ0) is 13.8. The summed E-state index contributed by atoms with van der Waals surface area (Å²) in [5, 5.41) is 11.9. The van der Waals surface area contributed by atoms with E-state index in [0.717, 1.165) is 25.3 Å². The molecule has 4 nitrogen and oxygen atoms in total. The lowest BCUT2D eigenvalue weighted by molar-refractivity contribution is 0.0691. The van der Waals surface area contributed by atoms with E-state index in [1.54, 1.807) is 0 Å². The lowest BCUT2D eigenvalue weighted by Crippen LogP contribution is -2.37. The number of hydrogen-bond acceptors (Lipinski definition) is 3. The van der Waals surface area contributed by atoms with Gasteiger partial charge in [0, 0.05) is 11.7 Å². The summed E-state index contributed by atoms with van der Waals surface area (Å²) in [6.07, 6.45) is 3.76. The van der Waals surface area contributed by atoms with Gasteiger partial charge in [0.1, 0.15) is 5.56 Å². The fraction of sp³-hybridized carbons (Fsp3) is 0.538. The number of rotatable bonds is 6. The molecule has 2 N–H and O–H groups in total. The van der Waals surface area contributed by atoms with E-state index in [0.29, 0.717) is 0 Å². The molecule has 18 heavy (non-hydrogen) atoms. The van der Waals surface area contributed by atoms with E-state index in [4.69, 9.17) is 5.11 Å². The standard InChI is InChI=1S/C13H19FN2O2/c1-4-13(5-2,6-3)16-11-10(14)9(12(17)18)7-8-15-11/h7-8H,4-6H2,1-3H3,(H,15,16)(H,17,18). The number of pyridine rings is 1. The van der Waals surface area contributed by atoms with Crippen molar-refractivity contribution in [3.8, 4) is 0 Å². The maximum absolute atomic E-state index is 14.0. The Hall–Kier alpha value is -1.65. The number of nitrogens with one attached hydrogen (secondary N) is 1. The molecule has 1 heterocycles. The van der Waals surface area contributed by atoms with Crippen LogP contribution in [-0.2, 0) is 0 Å². The molecule has 0 aliphatic heterocycles. The molecule has 100 valence electrons. The molecular formula is C13H19FN2O2. The molecule has 0 radical (unpaired) electrons. The van der Waals surface area contributed by atoms with Gasteiger partial charge < -0.3 is 10.4 Å². The van der Waals surface area contributed by atoms with E-state index in [2.05, 4.69) is 10.3 Å². The van der Waals surface area contributed by atoms with Gasteiger partial charge in [0.25, 0.3) is 0 Å². The zero-order valence-corrected chi connectivity index (χ0v) is 11.0. The Morgan fingerprint density at radius 2 is 1.94 bits per heavy atom. The largest absolute Gasteiger partial charge is 0.478 e. The number of carboxylic acids is 1. The van der Waals surface area contributed by atoms with Crippen LogP contribution in [-0.4, -0.2) is 21.6 Å². The summed E-state index contributed by atoms with van der Waals surface area (Å²) in [7, 11) is 0. The van der Waals surface area contributed by atoms with Crippen molar-refractivity contribution in [2.45, 2.75) is 45.6 Å². The average molecular weight is 254 g/mol. The normalized spacial score (nSPS) is 11.3. The van der Waals surface area contributed by atoms with Crippen molar-refractivity contribution in [2.75, 3.05) is 5.32 Å². The summed E-state index contributed by atoms with van der Waals surface area (Å²) in [6.45, 7) is 6.04. The molecule has 0 aliphatic carbocycles. The highest BCUT2D eigenvalue weighted by Crippen LogP contribution is 2.26. The molecule has 0 atom stereocenters. The first-order valence-electron chi connectivity index (χ1n) is 6.15. The van der Waals surface area contributed by atoms with Gasteiger partial charge >= 0.3 is 5.97 Å². The highest BCUT2D eigenvalue weighted by atomic mass is 19.1. The van der Waals surface area contributed by atoms with Crippen molar-refractivity contribution in [3.05, 3.63) is 23.6 Å². The van der Waals surface area contributed by atoms with Crippen LogP contribution in [0.4, 0.5) is 10.2 Å². The number of nitrogens with zero attached hydrogens (tertiary/aromatic N) is 1. The lowest BCUT2D eigenvalue weighted by Gasteiger charge is -2.32. The third kappa shape index (κ3) is 2.78. The Morgan fingerprint density at radius 1 is 1.39 bits per heavy atom. The van der Waals surface area contributed by atoms with E-state index in [1.165, 1.54) is 6.20 Å². The summed E-state index contributed by atoms with van der Waals surface area (Å²) in [5.74, 6) is -2.07. The lowest BCUT2D eigenvalue weighted by atomic mass is 9.90. The van der Waals surface area contributed by atoms with Crippen LogP contribution in [0.15, 0.2) is 12.3 Å². The van der Waals surface area contributed by atoms with Crippen molar-refractivity contribution in [1.82, 2.24) is 4.98 Å². The highest BCUT2D eigenvalue weighted by molar-refractivity contribution is 5.88. The summed E-state index contributed by atoms with van der Waals surface area (Å²) < 4.78 is 14.0. The van der Waals surface area contributed by atoms with Crippen LogP contribution < -0.4 is 5.32 Å². The summed E-state index contributed by atoms with van der Waals surface area (Å²) in [6, 6.07) is 1.16. The molecule has 0 unspecified atom stereocenters. The number of carboxylic acid groups (broad SMARTS) is 1. The Kier molecular flexibility index (Phi) is 4.64. The fourth-order valence-electron chi connectivity index (χ4n) is 1.96. The van der Waals surface area contributed by atoms with Crippen LogP contribution in [0.5, 0.6) is 0 Å². The molecule has 0 aromatic carbocycles. The fourth-order valence-corrected chi connectivity index (χ4v) is 1.96. The van der Waals surface area contributed by atoms with Gasteiger partial charge in [0.05, 0.1) is 0 Å². The van der Waals surface area contributed by atoms with Crippen LogP contribution in [0, 0.1) is 5.82 Å². The summed E-state index contributed by atoms with van der Waals surface area (Å²) in [5.41, 5.74) is -0.602. The van der Waals surface area contributed by atoms with E-state index >= 15 is 0 Å². The molecule has 1 aromatic rings. The second kappa shape index (κ2) is 5.80. The summed E-state index contributed by atoms with van der Waals surface area (Å²) in [4.78, 5) is 14.8.